The molecule has 3 nitrogen and oxygen atoms in total. The van der Waals surface area contributed by atoms with Gasteiger partial charge in [-0.15, -0.1) is 11.3 Å². The maximum absolute atomic E-state index is 5.66. The minimum absolute atomic E-state index is 0.869. The van der Waals surface area contributed by atoms with E-state index in [-0.39, 0.29) is 0 Å². The zero-order valence-electron chi connectivity index (χ0n) is 14.6. The van der Waals surface area contributed by atoms with E-state index in [0.717, 1.165) is 44.1 Å². The van der Waals surface area contributed by atoms with Crippen molar-refractivity contribution in [3.63, 3.8) is 0 Å². The summed E-state index contributed by atoms with van der Waals surface area (Å²) in [6, 6.07) is 14.8. The number of hydrogen-bond donors (Lipinski definition) is 2. The van der Waals surface area contributed by atoms with Crippen LogP contribution in [0, 0.1) is 0 Å². The average Bonchev–Trinajstić information content (AvgIpc) is 3.07. The van der Waals surface area contributed by atoms with Gasteiger partial charge in [-0.25, -0.2) is 0 Å². The van der Waals surface area contributed by atoms with Crippen LogP contribution in [0.4, 0.5) is 0 Å². The molecule has 1 heterocycles. The van der Waals surface area contributed by atoms with Crippen molar-refractivity contribution in [3.8, 4) is 0 Å². The molecule has 0 fully saturated rings. The van der Waals surface area contributed by atoms with Gasteiger partial charge in [0.05, 0.1) is 27.2 Å². The summed E-state index contributed by atoms with van der Waals surface area (Å²) in [4.78, 5) is 5.14. The number of thiophene rings is 1. The second-order valence-electron chi connectivity index (χ2n) is 6.28. The lowest BCUT2D eigenvalue weighted by molar-refractivity contribution is -0.858. The van der Waals surface area contributed by atoms with Crippen LogP contribution in [0.3, 0.4) is 0 Å². The van der Waals surface area contributed by atoms with Crippen molar-refractivity contribution in [1.29, 1.82) is 0 Å². The predicted octanol–water partition coefficient (Wildman–Crippen LogP) is 2.20. The molecule has 0 atom stereocenters. The first-order valence-electron chi connectivity index (χ1n) is 8.53. The Hall–Kier alpha value is -1.43. The summed E-state index contributed by atoms with van der Waals surface area (Å²) < 4.78 is 0. The van der Waals surface area contributed by atoms with Crippen LogP contribution in [-0.2, 0) is 13.0 Å². The van der Waals surface area contributed by atoms with Gasteiger partial charge in [-0.05, 0) is 35.6 Å². The molecule has 24 heavy (non-hydrogen) atoms. The third-order valence-electron chi connectivity index (χ3n) is 3.85. The standard InChI is InChI=1S/C19H27N3S2/c1-21(2)13-7-14-22(16-18-10-6-15-24-18)19(23)20-12-11-17-8-4-3-5-9-17/h3-6,8-10,15H,7,11-14,16H2,1-2H3,(H,20,23)/p+1. The van der Waals surface area contributed by atoms with Crippen LogP contribution >= 0.6 is 23.6 Å². The molecule has 2 rings (SSSR count). The molecule has 2 N–H and O–H groups in total. The molecular weight excluding hydrogens is 334 g/mol. The van der Waals surface area contributed by atoms with Gasteiger partial charge in [-0.3, -0.25) is 0 Å². The summed E-state index contributed by atoms with van der Waals surface area (Å²) >= 11 is 7.45. The SMILES string of the molecule is C[NH+](C)CCCN(Cc1cccs1)C(=S)NCCc1ccccc1. The van der Waals surface area contributed by atoms with Gasteiger partial charge in [-0.1, -0.05) is 36.4 Å². The third-order valence-corrected chi connectivity index (χ3v) is 5.12. The van der Waals surface area contributed by atoms with Crippen molar-refractivity contribution < 1.29 is 4.90 Å². The van der Waals surface area contributed by atoms with Crippen molar-refractivity contribution in [2.24, 2.45) is 0 Å². The quantitative estimate of drug-likeness (QED) is 0.667. The Balaban J connectivity index is 1.83. The van der Waals surface area contributed by atoms with Crippen molar-refractivity contribution in [2.45, 2.75) is 19.4 Å². The van der Waals surface area contributed by atoms with E-state index in [2.05, 4.69) is 72.2 Å². The van der Waals surface area contributed by atoms with Gasteiger partial charge in [0.1, 0.15) is 0 Å². The fraction of sp³-hybridized carbons (Fsp3) is 0.421. The average molecular weight is 363 g/mol. The van der Waals surface area contributed by atoms with E-state index in [1.807, 2.05) is 0 Å². The Bertz CT molecular complexity index is 582. The van der Waals surface area contributed by atoms with Crippen LogP contribution in [0.15, 0.2) is 47.8 Å². The molecule has 2 aromatic rings. The largest absolute Gasteiger partial charge is 0.362 e. The maximum Gasteiger partial charge on any atom is 0.169 e. The maximum atomic E-state index is 5.66. The van der Waals surface area contributed by atoms with E-state index < -0.39 is 0 Å². The highest BCUT2D eigenvalue weighted by molar-refractivity contribution is 7.80. The lowest BCUT2D eigenvalue weighted by Gasteiger charge is -2.25. The molecule has 0 bridgehead atoms. The Morgan fingerprint density at radius 3 is 2.62 bits per heavy atom. The van der Waals surface area contributed by atoms with Crippen molar-refractivity contribution in [2.75, 3.05) is 33.7 Å². The fourth-order valence-electron chi connectivity index (χ4n) is 2.54. The summed E-state index contributed by atoms with van der Waals surface area (Å²) in [5.74, 6) is 0. The Kier molecular flexibility index (Phi) is 8.22. The van der Waals surface area contributed by atoms with Gasteiger partial charge < -0.3 is 15.1 Å². The van der Waals surface area contributed by atoms with Crippen LogP contribution in [0.2, 0.25) is 0 Å². The fourth-order valence-corrected chi connectivity index (χ4v) is 3.51. The highest BCUT2D eigenvalue weighted by atomic mass is 32.1. The summed E-state index contributed by atoms with van der Waals surface area (Å²) in [5, 5.41) is 6.43. The first-order valence-corrected chi connectivity index (χ1v) is 9.82. The van der Waals surface area contributed by atoms with Crippen LogP contribution < -0.4 is 10.2 Å². The molecule has 1 aromatic carbocycles. The molecule has 130 valence electrons. The summed E-state index contributed by atoms with van der Waals surface area (Å²) in [5.41, 5.74) is 1.34. The Morgan fingerprint density at radius 2 is 1.96 bits per heavy atom. The lowest BCUT2D eigenvalue weighted by atomic mass is 10.1. The van der Waals surface area contributed by atoms with Crippen LogP contribution in [0.5, 0.6) is 0 Å². The van der Waals surface area contributed by atoms with Crippen LogP contribution in [0.25, 0.3) is 0 Å². The zero-order chi connectivity index (χ0) is 17.2. The summed E-state index contributed by atoms with van der Waals surface area (Å²) in [6.45, 7) is 3.94. The molecule has 0 aliphatic heterocycles. The molecule has 0 aliphatic rings. The molecule has 0 saturated heterocycles. The summed E-state index contributed by atoms with van der Waals surface area (Å²) in [6.07, 6.45) is 2.14. The molecule has 0 saturated carbocycles. The minimum Gasteiger partial charge on any atom is -0.362 e. The molecule has 0 radical (unpaired) electrons. The molecule has 1 aromatic heterocycles. The lowest BCUT2D eigenvalue weighted by Crippen LogP contribution is -3.05. The normalized spacial score (nSPS) is 10.8. The number of quaternary nitrogens is 1. The summed E-state index contributed by atoms with van der Waals surface area (Å²) in [7, 11) is 4.39. The van der Waals surface area contributed by atoms with Crippen molar-refractivity contribution in [1.82, 2.24) is 10.2 Å². The highest BCUT2D eigenvalue weighted by Crippen LogP contribution is 2.12. The van der Waals surface area contributed by atoms with E-state index in [1.54, 1.807) is 11.3 Å². The molecule has 0 amide bonds. The molecular formula is C19H28N3S2+. The van der Waals surface area contributed by atoms with E-state index >= 15 is 0 Å². The number of nitrogens with one attached hydrogen (secondary N) is 2. The molecule has 0 aliphatic carbocycles. The Labute approximate surface area is 155 Å². The van der Waals surface area contributed by atoms with Crippen LogP contribution in [0.1, 0.15) is 16.9 Å². The van der Waals surface area contributed by atoms with Gasteiger partial charge in [0.2, 0.25) is 0 Å². The highest BCUT2D eigenvalue weighted by Gasteiger charge is 2.11. The molecule has 0 spiro atoms. The van der Waals surface area contributed by atoms with Gasteiger partial charge in [0, 0.05) is 24.4 Å². The first-order chi connectivity index (χ1) is 11.6. The molecule has 5 heteroatoms. The monoisotopic (exact) mass is 362 g/mol. The van der Waals surface area contributed by atoms with E-state index in [4.69, 9.17) is 12.2 Å². The third kappa shape index (κ3) is 6.99. The van der Waals surface area contributed by atoms with E-state index in [0.29, 0.717) is 0 Å². The second-order valence-corrected chi connectivity index (χ2v) is 7.70. The second kappa shape index (κ2) is 10.4. The van der Waals surface area contributed by atoms with Crippen molar-refractivity contribution >= 4 is 28.7 Å². The number of nitrogens with zero attached hydrogens (tertiary/aromatic N) is 1. The Morgan fingerprint density at radius 1 is 1.17 bits per heavy atom. The van der Waals surface area contributed by atoms with E-state index in [9.17, 15) is 0 Å². The number of thiocarbonyl (C=S) groups is 1. The predicted molar refractivity (Wildman–Crippen MR) is 108 cm³/mol. The minimum atomic E-state index is 0.869. The first kappa shape index (κ1) is 18.9. The van der Waals surface area contributed by atoms with Gasteiger partial charge in [0.15, 0.2) is 5.11 Å². The van der Waals surface area contributed by atoms with Crippen LogP contribution in [-0.4, -0.2) is 43.7 Å². The van der Waals surface area contributed by atoms with Gasteiger partial charge in [-0.2, -0.15) is 0 Å². The van der Waals surface area contributed by atoms with Gasteiger partial charge >= 0.3 is 0 Å². The zero-order valence-corrected chi connectivity index (χ0v) is 16.3. The topological polar surface area (TPSA) is 19.7 Å². The number of rotatable bonds is 9. The smallest absolute Gasteiger partial charge is 0.169 e. The van der Waals surface area contributed by atoms with Gasteiger partial charge in [0.25, 0.3) is 0 Å². The number of benzene rings is 1. The number of hydrogen-bond acceptors (Lipinski definition) is 2. The molecule has 0 unspecified atom stereocenters. The van der Waals surface area contributed by atoms with E-state index in [1.165, 1.54) is 15.3 Å². The van der Waals surface area contributed by atoms with Crippen molar-refractivity contribution in [3.05, 3.63) is 58.3 Å².